The second kappa shape index (κ2) is 2.71. The Morgan fingerprint density at radius 2 is 2.23 bits per heavy atom. The van der Waals surface area contributed by atoms with Gasteiger partial charge in [-0.3, -0.25) is 0 Å². The van der Waals surface area contributed by atoms with Gasteiger partial charge < -0.3 is 4.40 Å². The van der Waals surface area contributed by atoms with E-state index in [1.54, 1.807) is 22.7 Å². The molecule has 13 heavy (non-hydrogen) atoms. The predicted octanol–water partition coefficient (Wildman–Crippen LogP) is 1.26. The van der Waals surface area contributed by atoms with Crippen molar-refractivity contribution in [2.75, 3.05) is 0 Å². The maximum Gasteiger partial charge on any atom is 0.264 e. The largest absolute Gasteiger partial charge is 0.307 e. The van der Waals surface area contributed by atoms with Gasteiger partial charge in [-0.1, -0.05) is 0 Å². The molecule has 4 nitrogen and oxygen atoms in total. The molecular weight excluding hydrogens is 212 g/mol. The fourth-order valence-corrected chi connectivity index (χ4v) is 1.69. The summed E-state index contributed by atoms with van der Waals surface area (Å²) in [6.45, 7) is 0. The van der Waals surface area contributed by atoms with Gasteiger partial charge in [0.25, 0.3) is 9.05 Å². The van der Waals surface area contributed by atoms with Gasteiger partial charge in [0.15, 0.2) is 0 Å². The van der Waals surface area contributed by atoms with E-state index in [4.69, 9.17) is 10.7 Å². The van der Waals surface area contributed by atoms with Gasteiger partial charge in [0.2, 0.25) is 0 Å². The van der Waals surface area contributed by atoms with E-state index in [2.05, 4.69) is 4.98 Å². The normalized spacial score (nSPS) is 12.1. The van der Waals surface area contributed by atoms with Gasteiger partial charge in [-0.15, -0.1) is 0 Å². The molecule has 2 aromatic rings. The molecule has 0 saturated heterocycles. The first-order valence-electron chi connectivity index (χ1n) is 3.45. The van der Waals surface area contributed by atoms with E-state index in [9.17, 15) is 8.42 Å². The molecule has 68 valence electrons. The topological polar surface area (TPSA) is 51.4 Å². The van der Waals surface area contributed by atoms with Gasteiger partial charge in [-0.25, -0.2) is 13.4 Å². The van der Waals surface area contributed by atoms with Gasteiger partial charge in [-0.05, 0) is 12.1 Å². The zero-order valence-electron chi connectivity index (χ0n) is 6.38. The van der Waals surface area contributed by atoms with E-state index in [1.165, 1.54) is 12.4 Å². The third-order valence-electron chi connectivity index (χ3n) is 1.63. The highest BCUT2D eigenvalue weighted by Crippen LogP contribution is 2.13. The molecule has 0 aliphatic rings. The highest BCUT2D eigenvalue weighted by Gasteiger charge is 2.10. The van der Waals surface area contributed by atoms with E-state index >= 15 is 0 Å². The molecule has 0 bridgehead atoms. The van der Waals surface area contributed by atoms with Crippen LogP contribution in [0.4, 0.5) is 0 Å². The van der Waals surface area contributed by atoms with Crippen LogP contribution in [0.2, 0.25) is 0 Å². The van der Waals surface area contributed by atoms with Crippen LogP contribution < -0.4 is 0 Å². The fourth-order valence-electron chi connectivity index (χ4n) is 1.03. The van der Waals surface area contributed by atoms with E-state index in [0.29, 0.717) is 5.65 Å². The number of halogens is 1. The molecule has 2 aromatic heterocycles. The Morgan fingerprint density at radius 1 is 1.46 bits per heavy atom. The average Bonchev–Trinajstić information content (AvgIpc) is 2.47. The summed E-state index contributed by atoms with van der Waals surface area (Å²) >= 11 is 0. The van der Waals surface area contributed by atoms with Crippen LogP contribution in [-0.2, 0) is 9.05 Å². The number of fused-ring (bicyclic) bond motifs is 1. The Labute approximate surface area is 79.2 Å². The first-order chi connectivity index (χ1) is 6.07. The first kappa shape index (κ1) is 8.52. The zero-order chi connectivity index (χ0) is 9.47. The quantitative estimate of drug-likeness (QED) is 0.675. The summed E-state index contributed by atoms with van der Waals surface area (Å²) in [5, 5.41) is 0. The SMILES string of the molecule is O=S(=O)(Cl)c1cnc2cccn2c1. The summed E-state index contributed by atoms with van der Waals surface area (Å²) in [7, 11) is 1.46. The molecule has 0 aromatic carbocycles. The molecule has 0 aliphatic carbocycles. The van der Waals surface area contributed by atoms with Crippen molar-refractivity contribution in [1.29, 1.82) is 0 Å². The number of nitrogens with zero attached hydrogens (tertiary/aromatic N) is 2. The third-order valence-corrected chi connectivity index (χ3v) is 2.94. The van der Waals surface area contributed by atoms with E-state index < -0.39 is 9.05 Å². The molecule has 2 heterocycles. The Kier molecular flexibility index (Phi) is 1.78. The lowest BCUT2D eigenvalue weighted by Gasteiger charge is -1.96. The van der Waals surface area contributed by atoms with Crippen molar-refractivity contribution in [3.8, 4) is 0 Å². The van der Waals surface area contributed by atoms with Crippen LogP contribution in [0, 0.1) is 0 Å². The lowest BCUT2D eigenvalue weighted by Crippen LogP contribution is -1.95. The minimum absolute atomic E-state index is 0.00198. The van der Waals surface area contributed by atoms with Crippen molar-refractivity contribution < 1.29 is 8.42 Å². The van der Waals surface area contributed by atoms with Crippen molar-refractivity contribution in [2.24, 2.45) is 0 Å². The summed E-state index contributed by atoms with van der Waals surface area (Å²) in [4.78, 5) is 3.90. The lowest BCUT2D eigenvalue weighted by molar-refractivity contribution is 0.608. The molecule has 0 saturated carbocycles. The van der Waals surface area contributed by atoms with Gasteiger partial charge in [0, 0.05) is 23.1 Å². The van der Waals surface area contributed by atoms with Crippen molar-refractivity contribution >= 4 is 25.4 Å². The molecule has 2 rings (SSSR count). The molecular formula is C7H5ClN2O2S. The second-order valence-corrected chi connectivity index (χ2v) is 5.07. The Balaban J connectivity index is 2.75. The summed E-state index contributed by atoms with van der Waals surface area (Å²) in [5.74, 6) is 0. The molecule has 0 aliphatic heterocycles. The molecule has 0 spiro atoms. The molecule has 0 fully saturated rings. The highest BCUT2D eigenvalue weighted by atomic mass is 35.7. The van der Waals surface area contributed by atoms with Crippen molar-refractivity contribution in [3.05, 3.63) is 30.7 Å². The second-order valence-electron chi connectivity index (χ2n) is 2.50. The van der Waals surface area contributed by atoms with Crippen LogP contribution >= 0.6 is 10.7 Å². The minimum Gasteiger partial charge on any atom is -0.307 e. The lowest BCUT2D eigenvalue weighted by atomic mass is 10.6. The molecule has 0 amide bonds. The highest BCUT2D eigenvalue weighted by molar-refractivity contribution is 8.13. The summed E-state index contributed by atoms with van der Waals surface area (Å²) in [5.41, 5.74) is 0.684. The predicted molar refractivity (Wildman–Crippen MR) is 48.2 cm³/mol. The first-order valence-corrected chi connectivity index (χ1v) is 5.76. The summed E-state index contributed by atoms with van der Waals surface area (Å²) in [6, 6.07) is 3.54. The van der Waals surface area contributed by atoms with E-state index in [-0.39, 0.29) is 4.90 Å². The van der Waals surface area contributed by atoms with Crippen LogP contribution in [0.25, 0.3) is 5.65 Å². The summed E-state index contributed by atoms with van der Waals surface area (Å²) < 4.78 is 23.4. The molecule has 6 heteroatoms. The monoisotopic (exact) mass is 216 g/mol. The van der Waals surface area contributed by atoms with Gasteiger partial charge in [0.1, 0.15) is 10.5 Å². The van der Waals surface area contributed by atoms with Crippen LogP contribution in [0.5, 0.6) is 0 Å². The number of hydrogen-bond donors (Lipinski definition) is 0. The van der Waals surface area contributed by atoms with Crippen molar-refractivity contribution in [1.82, 2.24) is 9.38 Å². The Morgan fingerprint density at radius 3 is 2.92 bits per heavy atom. The molecule has 0 atom stereocenters. The van der Waals surface area contributed by atoms with Crippen LogP contribution in [0.15, 0.2) is 35.6 Å². The summed E-state index contributed by atoms with van der Waals surface area (Å²) in [6.07, 6.45) is 4.36. The number of aromatic nitrogens is 2. The maximum atomic E-state index is 10.9. The molecule has 0 radical (unpaired) electrons. The van der Waals surface area contributed by atoms with Gasteiger partial charge >= 0.3 is 0 Å². The van der Waals surface area contributed by atoms with Crippen molar-refractivity contribution in [2.45, 2.75) is 4.90 Å². The van der Waals surface area contributed by atoms with Gasteiger partial charge in [0.05, 0.1) is 6.20 Å². The zero-order valence-corrected chi connectivity index (χ0v) is 7.96. The standard InChI is InChI=1S/C7H5ClN2O2S/c8-13(11,12)6-4-9-7-2-1-3-10(7)5-6/h1-5H. The molecule has 0 unspecified atom stereocenters. The average molecular weight is 217 g/mol. The fraction of sp³-hybridized carbons (Fsp3) is 0. The minimum atomic E-state index is -3.68. The Bertz CT molecular complexity index is 546. The van der Waals surface area contributed by atoms with Crippen LogP contribution in [-0.4, -0.2) is 17.8 Å². The third kappa shape index (κ3) is 1.52. The van der Waals surface area contributed by atoms with E-state index in [0.717, 1.165) is 0 Å². The van der Waals surface area contributed by atoms with Crippen LogP contribution in [0.3, 0.4) is 0 Å². The number of rotatable bonds is 1. The Hall–Kier alpha value is -1.07. The van der Waals surface area contributed by atoms with Gasteiger partial charge in [-0.2, -0.15) is 0 Å². The van der Waals surface area contributed by atoms with E-state index in [1.807, 2.05) is 0 Å². The molecule has 0 N–H and O–H groups in total. The van der Waals surface area contributed by atoms with Crippen LogP contribution in [0.1, 0.15) is 0 Å². The maximum absolute atomic E-state index is 10.9. The number of hydrogen-bond acceptors (Lipinski definition) is 3. The smallest absolute Gasteiger partial charge is 0.264 e. The van der Waals surface area contributed by atoms with Crippen molar-refractivity contribution in [3.63, 3.8) is 0 Å².